The van der Waals surface area contributed by atoms with E-state index in [9.17, 15) is 9.59 Å². The zero-order valence-electron chi connectivity index (χ0n) is 14.3. The quantitative estimate of drug-likeness (QED) is 0.375. The summed E-state index contributed by atoms with van der Waals surface area (Å²) in [4.78, 5) is 31.9. The molecule has 4 rings (SSSR count). The van der Waals surface area contributed by atoms with E-state index >= 15 is 0 Å². The zero-order chi connectivity index (χ0) is 19.7. The predicted octanol–water partition coefficient (Wildman–Crippen LogP) is 5.12. The number of ether oxygens (including phenoxy) is 1. The van der Waals surface area contributed by atoms with E-state index in [1.165, 1.54) is 12.1 Å². The highest BCUT2D eigenvalue weighted by Gasteiger charge is 2.14. The number of hydrogen-bond donors (Lipinski definition) is 1. The van der Waals surface area contributed by atoms with Crippen LogP contribution < -0.4 is 10.3 Å². The lowest BCUT2D eigenvalue weighted by Crippen LogP contribution is -2.10. The van der Waals surface area contributed by atoms with Gasteiger partial charge in [-0.3, -0.25) is 4.79 Å². The zero-order valence-corrected chi connectivity index (χ0v) is 15.8. The number of para-hydroxylation sites is 1. The van der Waals surface area contributed by atoms with Crippen molar-refractivity contribution in [3.05, 3.63) is 92.7 Å². The molecule has 138 valence electrons. The van der Waals surface area contributed by atoms with E-state index in [2.05, 4.69) is 9.97 Å². The van der Waals surface area contributed by atoms with Crippen LogP contribution in [0.15, 0.2) is 71.5 Å². The Morgan fingerprint density at radius 3 is 2.61 bits per heavy atom. The van der Waals surface area contributed by atoms with E-state index in [1.807, 2.05) is 6.07 Å². The number of aromatic nitrogens is 2. The highest BCUT2D eigenvalue weighted by molar-refractivity contribution is 6.36. The van der Waals surface area contributed by atoms with Gasteiger partial charge >= 0.3 is 5.97 Å². The van der Waals surface area contributed by atoms with Gasteiger partial charge in [-0.2, -0.15) is 0 Å². The van der Waals surface area contributed by atoms with Gasteiger partial charge in [0.25, 0.3) is 5.56 Å². The van der Waals surface area contributed by atoms with Gasteiger partial charge < -0.3 is 9.72 Å². The molecule has 0 aliphatic heterocycles. The van der Waals surface area contributed by atoms with Crippen LogP contribution in [0.5, 0.6) is 5.75 Å². The van der Waals surface area contributed by atoms with E-state index in [0.717, 1.165) is 0 Å². The maximum absolute atomic E-state index is 12.4. The van der Waals surface area contributed by atoms with Gasteiger partial charge in [-0.15, -0.1) is 0 Å². The molecule has 0 saturated carbocycles. The Balaban J connectivity index is 1.67. The molecule has 3 aromatic carbocycles. The lowest BCUT2D eigenvalue weighted by molar-refractivity contribution is 0.0735. The first-order chi connectivity index (χ1) is 13.5. The van der Waals surface area contributed by atoms with Crippen molar-refractivity contribution >= 4 is 40.1 Å². The summed E-state index contributed by atoms with van der Waals surface area (Å²) in [7, 11) is 0. The van der Waals surface area contributed by atoms with Gasteiger partial charge in [-0.25, -0.2) is 9.78 Å². The minimum atomic E-state index is -0.612. The number of nitrogens with zero attached hydrogens (tertiary/aromatic N) is 1. The molecule has 0 fully saturated rings. The van der Waals surface area contributed by atoms with Gasteiger partial charge in [0.05, 0.1) is 21.5 Å². The van der Waals surface area contributed by atoms with E-state index in [-0.39, 0.29) is 16.1 Å². The standard InChI is InChI=1S/C21H12Cl2N2O3/c22-13-8-9-15(17(23)11-13)21(27)28-14-5-3-4-12(10-14)19-24-18-7-2-1-6-16(18)20(26)25-19/h1-11H,(H,24,25,26). The topological polar surface area (TPSA) is 72.0 Å². The molecule has 0 bridgehead atoms. The Morgan fingerprint density at radius 2 is 1.79 bits per heavy atom. The van der Waals surface area contributed by atoms with Crippen LogP contribution in [0.1, 0.15) is 10.4 Å². The lowest BCUT2D eigenvalue weighted by atomic mass is 10.2. The number of rotatable bonds is 3. The third-order valence-electron chi connectivity index (χ3n) is 4.08. The van der Waals surface area contributed by atoms with Crippen molar-refractivity contribution in [2.75, 3.05) is 0 Å². The van der Waals surface area contributed by atoms with Crippen molar-refractivity contribution < 1.29 is 9.53 Å². The summed E-state index contributed by atoms with van der Waals surface area (Å²) in [6, 6.07) is 18.3. The van der Waals surface area contributed by atoms with E-state index < -0.39 is 5.97 Å². The summed E-state index contributed by atoms with van der Waals surface area (Å²) >= 11 is 11.9. The van der Waals surface area contributed by atoms with Crippen LogP contribution in [-0.2, 0) is 0 Å². The third kappa shape index (κ3) is 3.63. The second-order valence-corrected chi connectivity index (χ2v) is 6.82. The van der Waals surface area contributed by atoms with Crippen LogP contribution in [-0.4, -0.2) is 15.9 Å². The number of fused-ring (bicyclic) bond motifs is 1. The van der Waals surface area contributed by atoms with Gasteiger partial charge in [0.1, 0.15) is 11.6 Å². The first-order valence-electron chi connectivity index (χ1n) is 8.28. The number of esters is 1. The molecule has 0 amide bonds. The molecule has 0 aliphatic carbocycles. The maximum atomic E-state index is 12.4. The predicted molar refractivity (Wildman–Crippen MR) is 109 cm³/mol. The molecular formula is C21H12Cl2N2O3. The molecule has 28 heavy (non-hydrogen) atoms. The number of hydrogen-bond acceptors (Lipinski definition) is 4. The molecule has 0 unspecified atom stereocenters. The number of carbonyl (C=O) groups excluding carboxylic acids is 1. The van der Waals surface area contributed by atoms with Crippen molar-refractivity contribution in [2.45, 2.75) is 0 Å². The second kappa shape index (κ2) is 7.46. The van der Waals surface area contributed by atoms with Crippen molar-refractivity contribution in [3.8, 4) is 17.1 Å². The van der Waals surface area contributed by atoms with Gasteiger partial charge in [0.2, 0.25) is 0 Å². The minimum absolute atomic E-state index is 0.203. The second-order valence-electron chi connectivity index (χ2n) is 5.97. The van der Waals surface area contributed by atoms with Crippen LogP contribution in [0, 0.1) is 0 Å². The van der Waals surface area contributed by atoms with Crippen LogP contribution in [0.3, 0.4) is 0 Å². The summed E-state index contributed by atoms with van der Waals surface area (Å²) in [5.41, 5.74) is 1.15. The van der Waals surface area contributed by atoms with E-state index in [0.29, 0.717) is 33.1 Å². The number of H-pyrrole nitrogens is 1. The fraction of sp³-hybridized carbons (Fsp3) is 0. The number of halogens is 2. The number of nitrogens with one attached hydrogen (secondary N) is 1. The molecule has 0 spiro atoms. The van der Waals surface area contributed by atoms with Gasteiger partial charge in [0.15, 0.2) is 0 Å². The summed E-state index contributed by atoms with van der Waals surface area (Å²) in [6.45, 7) is 0. The van der Waals surface area contributed by atoms with E-state index in [4.69, 9.17) is 27.9 Å². The van der Waals surface area contributed by atoms with Gasteiger partial charge in [0, 0.05) is 10.6 Å². The summed E-state index contributed by atoms with van der Waals surface area (Å²) < 4.78 is 5.41. The molecule has 0 radical (unpaired) electrons. The Hall–Kier alpha value is -3.15. The number of aromatic amines is 1. The lowest BCUT2D eigenvalue weighted by Gasteiger charge is -2.08. The smallest absolute Gasteiger partial charge is 0.345 e. The Kier molecular flexibility index (Phi) is 4.86. The first-order valence-corrected chi connectivity index (χ1v) is 9.03. The van der Waals surface area contributed by atoms with Crippen molar-refractivity contribution in [1.82, 2.24) is 9.97 Å². The molecule has 1 aromatic heterocycles. The average Bonchev–Trinajstić information content (AvgIpc) is 2.68. The normalized spacial score (nSPS) is 10.8. The monoisotopic (exact) mass is 410 g/mol. The molecule has 0 aliphatic rings. The fourth-order valence-corrected chi connectivity index (χ4v) is 3.23. The minimum Gasteiger partial charge on any atom is -0.423 e. The van der Waals surface area contributed by atoms with Crippen LogP contribution in [0.4, 0.5) is 0 Å². The fourth-order valence-electron chi connectivity index (χ4n) is 2.75. The summed E-state index contributed by atoms with van der Waals surface area (Å²) in [5.74, 6) is 0.0641. The van der Waals surface area contributed by atoms with Crippen molar-refractivity contribution in [1.29, 1.82) is 0 Å². The molecule has 0 saturated heterocycles. The molecule has 0 atom stereocenters. The van der Waals surface area contributed by atoms with E-state index in [1.54, 1.807) is 48.5 Å². The molecule has 1 heterocycles. The molecule has 7 heteroatoms. The van der Waals surface area contributed by atoms with Crippen LogP contribution in [0.25, 0.3) is 22.3 Å². The summed E-state index contributed by atoms with van der Waals surface area (Å²) in [6.07, 6.45) is 0. The maximum Gasteiger partial charge on any atom is 0.345 e. The number of benzene rings is 3. The summed E-state index contributed by atoms with van der Waals surface area (Å²) in [5, 5.41) is 1.13. The first kappa shape index (κ1) is 18.2. The highest BCUT2D eigenvalue weighted by Crippen LogP contribution is 2.25. The molecular weight excluding hydrogens is 399 g/mol. The van der Waals surface area contributed by atoms with Gasteiger partial charge in [-0.1, -0.05) is 47.5 Å². The van der Waals surface area contributed by atoms with Crippen molar-refractivity contribution in [2.24, 2.45) is 0 Å². The Morgan fingerprint density at radius 1 is 0.964 bits per heavy atom. The largest absolute Gasteiger partial charge is 0.423 e. The Bertz CT molecular complexity index is 1270. The average molecular weight is 411 g/mol. The highest BCUT2D eigenvalue weighted by atomic mass is 35.5. The van der Waals surface area contributed by atoms with Gasteiger partial charge in [-0.05, 0) is 42.5 Å². The third-order valence-corrected chi connectivity index (χ3v) is 4.63. The number of carbonyl (C=O) groups is 1. The molecule has 4 aromatic rings. The SMILES string of the molecule is O=C(Oc1cccc(-c2nc3ccccc3c(=O)[nH]2)c1)c1ccc(Cl)cc1Cl. The molecule has 5 nitrogen and oxygen atoms in total. The molecule has 1 N–H and O–H groups in total. The van der Waals surface area contributed by atoms with Crippen LogP contribution in [0.2, 0.25) is 10.0 Å². The van der Waals surface area contributed by atoms with Crippen LogP contribution >= 0.6 is 23.2 Å². The Labute approximate surface area is 169 Å². The van der Waals surface area contributed by atoms with Crippen molar-refractivity contribution in [3.63, 3.8) is 0 Å².